The Bertz CT molecular complexity index is 426. The number of urea groups is 1. The summed E-state index contributed by atoms with van der Waals surface area (Å²) in [4.78, 5) is 11.5. The van der Waals surface area contributed by atoms with Gasteiger partial charge in [-0.1, -0.05) is 25.1 Å². The van der Waals surface area contributed by atoms with Crippen LogP contribution in [0.3, 0.4) is 0 Å². The van der Waals surface area contributed by atoms with Crippen LogP contribution in [-0.2, 0) is 10.3 Å². The lowest BCUT2D eigenvalue weighted by Crippen LogP contribution is -2.44. The summed E-state index contributed by atoms with van der Waals surface area (Å²) < 4.78 is 19.2. The maximum absolute atomic E-state index is 13.8. The highest BCUT2D eigenvalue weighted by molar-refractivity contribution is 5.73. The van der Waals surface area contributed by atoms with Crippen LogP contribution in [0.4, 0.5) is 9.18 Å². The second-order valence-electron chi connectivity index (χ2n) is 4.52. The maximum atomic E-state index is 13.8. The highest BCUT2D eigenvalue weighted by Crippen LogP contribution is 2.26. The van der Waals surface area contributed by atoms with Crippen LogP contribution in [0.15, 0.2) is 24.3 Å². The van der Waals surface area contributed by atoms with Gasteiger partial charge < -0.3 is 15.4 Å². The van der Waals surface area contributed by atoms with Crippen molar-refractivity contribution in [1.82, 2.24) is 10.6 Å². The Labute approximate surface area is 113 Å². The molecule has 0 saturated carbocycles. The average molecular weight is 268 g/mol. The Kier molecular flexibility index (Phi) is 5.76. The number of nitrogens with one attached hydrogen (secondary N) is 2. The Morgan fingerprint density at radius 3 is 2.63 bits per heavy atom. The third kappa shape index (κ3) is 4.21. The molecular formula is C14H21FN2O2. The average Bonchev–Trinajstić information content (AvgIpc) is 2.43. The molecule has 1 rings (SSSR count). The molecule has 106 valence electrons. The maximum Gasteiger partial charge on any atom is 0.314 e. The summed E-state index contributed by atoms with van der Waals surface area (Å²) >= 11 is 0. The second-order valence-corrected chi connectivity index (χ2v) is 4.52. The van der Waals surface area contributed by atoms with E-state index < -0.39 is 5.60 Å². The van der Waals surface area contributed by atoms with Crippen LogP contribution < -0.4 is 10.6 Å². The third-order valence-corrected chi connectivity index (χ3v) is 3.02. The molecule has 2 N–H and O–H groups in total. The predicted octanol–water partition coefficient (Wildman–Crippen LogP) is 2.40. The van der Waals surface area contributed by atoms with Crippen LogP contribution in [-0.4, -0.2) is 26.2 Å². The Hall–Kier alpha value is -1.62. The normalized spacial score (nSPS) is 13.7. The van der Waals surface area contributed by atoms with Crippen molar-refractivity contribution >= 4 is 6.03 Å². The molecule has 0 saturated heterocycles. The first kappa shape index (κ1) is 15.4. The van der Waals surface area contributed by atoms with E-state index in [9.17, 15) is 9.18 Å². The highest BCUT2D eigenvalue weighted by Gasteiger charge is 2.29. The molecule has 19 heavy (non-hydrogen) atoms. The van der Waals surface area contributed by atoms with E-state index in [2.05, 4.69) is 10.6 Å². The standard InChI is InChI=1S/C14H21FN2O2/c1-4-9-16-13(18)17-10-14(2,19-3)11-7-5-6-8-12(11)15/h5-8H,4,9-10H2,1-3H3,(H2,16,17,18). The topological polar surface area (TPSA) is 50.4 Å². The predicted molar refractivity (Wildman–Crippen MR) is 72.5 cm³/mol. The van der Waals surface area contributed by atoms with Gasteiger partial charge in [-0.15, -0.1) is 0 Å². The molecule has 0 spiro atoms. The van der Waals surface area contributed by atoms with Crippen molar-refractivity contribution in [3.63, 3.8) is 0 Å². The van der Waals surface area contributed by atoms with Crippen molar-refractivity contribution in [2.75, 3.05) is 20.2 Å². The summed E-state index contributed by atoms with van der Waals surface area (Å²) in [6.07, 6.45) is 0.863. The van der Waals surface area contributed by atoms with Gasteiger partial charge in [0.2, 0.25) is 0 Å². The quantitative estimate of drug-likeness (QED) is 0.832. The van der Waals surface area contributed by atoms with E-state index in [1.54, 1.807) is 25.1 Å². The van der Waals surface area contributed by atoms with E-state index >= 15 is 0 Å². The number of benzene rings is 1. The first-order chi connectivity index (χ1) is 9.03. The number of ether oxygens (including phenoxy) is 1. The van der Waals surface area contributed by atoms with E-state index in [0.29, 0.717) is 12.1 Å². The van der Waals surface area contributed by atoms with E-state index in [-0.39, 0.29) is 18.4 Å². The second kappa shape index (κ2) is 7.09. The molecule has 0 aliphatic carbocycles. The number of carbonyl (C=O) groups is 1. The van der Waals surface area contributed by atoms with Gasteiger partial charge in [-0.2, -0.15) is 0 Å². The molecule has 0 aromatic heterocycles. The molecular weight excluding hydrogens is 247 g/mol. The number of rotatable bonds is 6. The molecule has 1 unspecified atom stereocenters. The van der Waals surface area contributed by atoms with E-state index in [4.69, 9.17) is 4.74 Å². The summed E-state index contributed by atoms with van der Waals surface area (Å²) in [7, 11) is 1.50. The zero-order valence-electron chi connectivity index (χ0n) is 11.6. The fraction of sp³-hybridized carbons (Fsp3) is 0.500. The summed E-state index contributed by atoms with van der Waals surface area (Å²) in [6, 6.07) is 6.12. The van der Waals surface area contributed by atoms with Crippen LogP contribution in [0, 0.1) is 5.82 Å². The number of hydrogen-bond donors (Lipinski definition) is 2. The van der Waals surface area contributed by atoms with Gasteiger partial charge in [0.1, 0.15) is 11.4 Å². The van der Waals surface area contributed by atoms with Crippen LogP contribution in [0.25, 0.3) is 0 Å². The lowest BCUT2D eigenvalue weighted by atomic mass is 9.95. The molecule has 0 fully saturated rings. The van der Waals surface area contributed by atoms with Crippen molar-refractivity contribution in [3.05, 3.63) is 35.6 Å². The number of carbonyl (C=O) groups excluding carboxylic acids is 1. The largest absolute Gasteiger partial charge is 0.372 e. The van der Waals surface area contributed by atoms with Gasteiger partial charge in [0.15, 0.2) is 0 Å². The molecule has 4 nitrogen and oxygen atoms in total. The Morgan fingerprint density at radius 1 is 1.37 bits per heavy atom. The fourth-order valence-corrected chi connectivity index (χ4v) is 1.72. The highest BCUT2D eigenvalue weighted by atomic mass is 19.1. The van der Waals surface area contributed by atoms with Crippen LogP contribution in [0.1, 0.15) is 25.8 Å². The number of hydrogen-bond acceptors (Lipinski definition) is 2. The molecule has 0 aliphatic heterocycles. The first-order valence-electron chi connectivity index (χ1n) is 6.35. The third-order valence-electron chi connectivity index (χ3n) is 3.02. The van der Waals surface area contributed by atoms with Gasteiger partial charge in [-0.3, -0.25) is 0 Å². The van der Waals surface area contributed by atoms with Crippen LogP contribution >= 0.6 is 0 Å². The first-order valence-corrected chi connectivity index (χ1v) is 6.35. The minimum absolute atomic E-state index is 0.194. The Morgan fingerprint density at radius 2 is 2.05 bits per heavy atom. The summed E-state index contributed by atoms with van der Waals surface area (Å²) in [5.41, 5.74) is -0.470. The van der Waals surface area contributed by atoms with E-state index in [1.165, 1.54) is 13.2 Å². The monoisotopic (exact) mass is 268 g/mol. The van der Waals surface area contributed by atoms with Gasteiger partial charge in [0.05, 0.1) is 6.54 Å². The number of amides is 2. The van der Waals surface area contributed by atoms with Gasteiger partial charge in [-0.05, 0) is 19.4 Å². The van der Waals surface area contributed by atoms with Gasteiger partial charge in [0.25, 0.3) is 0 Å². The van der Waals surface area contributed by atoms with E-state index in [0.717, 1.165) is 6.42 Å². The molecule has 5 heteroatoms. The zero-order chi connectivity index (χ0) is 14.3. The summed E-state index contributed by atoms with van der Waals surface area (Å²) in [6.45, 7) is 4.51. The molecule has 1 atom stereocenters. The zero-order valence-corrected chi connectivity index (χ0v) is 11.6. The van der Waals surface area contributed by atoms with Crippen LogP contribution in [0.5, 0.6) is 0 Å². The van der Waals surface area contributed by atoms with Crippen LogP contribution in [0.2, 0.25) is 0 Å². The van der Waals surface area contributed by atoms with Crippen molar-refractivity contribution in [2.24, 2.45) is 0 Å². The molecule has 0 heterocycles. The lowest BCUT2D eigenvalue weighted by molar-refractivity contribution is 0.00204. The minimum atomic E-state index is -0.894. The van der Waals surface area contributed by atoms with Gasteiger partial charge in [-0.25, -0.2) is 9.18 Å². The van der Waals surface area contributed by atoms with E-state index in [1.807, 2.05) is 6.92 Å². The molecule has 2 amide bonds. The SMILES string of the molecule is CCCNC(=O)NCC(C)(OC)c1ccccc1F. The molecule has 0 aliphatic rings. The minimum Gasteiger partial charge on any atom is -0.372 e. The van der Waals surface area contributed by atoms with Crippen molar-refractivity contribution in [3.8, 4) is 0 Å². The molecule has 0 radical (unpaired) electrons. The molecule has 1 aromatic rings. The molecule has 1 aromatic carbocycles. The van der Waals surface area contributed by atoms with Gasteiger partial charge in [0, 0.05) is 19.2 Å². The van der Waals surface area contributed by atoms with Gasteiger partial charge >= 0.3 is 6.03 Å². The lowest BCUT2D eigenvalue weighted by Gasteiger charge is -2.29. The molecule has 0 bridgehead atoms. The van der Waals surface area contributed by atoms with Crippen molar-refractivity contribution in [2.45, 2.75) is 25.9 Å². The Balaban J connectivity index is 2.71. The van der Waals surface area contributed by atoms with Crippen molar-refractivity contribution < 1.29 is 13.9 Å². The smallest absolute Gasteiger partial charge is 0.314 e. The summed E-state index contributed by atoms with van der Waals surface area (Å²) in [5, 5.41) is 5.39. The summed E-state index contributed by atoms with van der Waals surface area (Å²) in [5.74, 6) is -0.345. The van der Waals surface area contributed by atoms with Crippen molar-refractivity contribution in [1.29, 1.82) is 0 Å². The fourth-order valence-electron chi connectivity index (χ4n) is 1.72. The number of halogens is 1. The number of methoxy groups -OCH3 is 1.